The van der Waals surface area contributed by atoms with Gasteiger partial charge in [0.05, 0.1) is 25.6 Å². The molecule has 9 heteroatoms. The molecule has 0 aromatic carbocycles. The van der Waals surface area contributed by atoms with E-state index in [1.54, 1.807) is 19.2 Å². The fraction of sp³-hybridized carbons (Fsp3) is 0.500. The highest BCUT2D eigenvalue weighted by Crippen LogP contribution is 2.24. The Hall–Kier alpha value is -2.10. The molecule has 1 aliphatic rings. The van der Waals surface area contributed by atoms with Gasteiger partial charge in [-0.25, -0.2) is 9.97 Å². The molecule has 2 aromatic heterocycles. The number of thioether (sulfide) groups is 1. The first-order chi connectivity index (χ1) is 13.2. The molecule has 3 rings (SSSR count). The smallest absolute Gasteiger partial charge is 0.287 e. The van der Waals surface area contributed by atoms with E-state index >= 15 is 0 Å². The Morgan fingerprint density at radius 2 is 2.15 bits per heavy atom. The van der Waals surface area contributed by atoms with Crippen molar-refractivity contribution in [3.63, 3.8) is 0 Å². The van der Waals surface area contributed by atoms with Gasteiger partial charge in [-0.1, -0.05) is 11.8 Å². The van der Waals surface area contributed by atoms with E-state index in [4.69, 9.17) is 13.9 Å². The molecule has 2 aromatic rings. The number of anilines is 1. The molecule has 0 aliphatic carbocycles. The summed E-state index contributed by atoms with van der Waals surface area (Å²) in [6.45, 7) is 5.97. The lowest BCUT2D eigenvalue weighted by Gasteiger charge is -2.28. The minimum absolute atomic E-state index is 0.246. The summed E-state index contributed by atoms with van der Waals surface area (Å²) in [7, 11) is 1.59. The van der Waals surface area contributed by atoms with Crippen LogP contribution in [-0.2, 0) is 15.2 Å². The number of rotatable bonds is 8. The van der Waals surface area contributed by atoms with Crippen molar-refractivity contribution in [3.8, 4) is 0 Å². The summed E-state index contributed by atoms with van der Waals surface area (Å²) in [6.07, 6.45) is 0. The molecule has 0 spiro atoms. The molecule has 0 unspecified atom stereocenters. The van der Waals surface area contributed by atoms with Crippen LogP contribution in [0.15, 0.2) is 27.8 Å². The number of hydrogen-bond donors (Lipinski definition) is 1. The maximum absolute atomic E-state index is 12.0. The highest BCUT2D eigenvalue weighted by molar-refractivity contribution is 7.98. The van der Waals surface area contributed by atoms with Gasteiger partial charge in [-0.05, 0) is 19.1 Å². The van der Waals surface area contributed by atoms with E-state index in [0.29, 0.717) is 48.8 Å². The summed E-state index contributed by atoms with van der Waals surface area (Å²) >= 11 is 1.49. The molecular formula is C18H24N4O4S. The first kappa shape index (κ1) is 19.7. The second-order valence-corrected chi connectivity index (χ2v) is 7.00. The molecule has 27 heavy (non-hydrogen) atoms. The van der Waals surface area contributed by atoms with Crippen molar-refractivity contribution >= 4 is 23.5 Å². The molecule has 0 atom stereocenters. The molecule has 1 saturated heterocycles. The molecular weight excluding hydrogens is 368 g/mol. The summed E-state index contributed by atoms with van der Waals surface area (Å²) in [4.78, 5) is 23.3. The molecule has 0 bridgehead atoms. The van der Waals surface area contributed by atoms with Gasteiger partial charge >= 0.3 is 0 Å². The summed E-state index contributed by atoms with van der Waals surface area (Å²) in [6, 6.07) is 5.47. The van der Waals surface area contributed by atoms with Crippen molar-refractivity contribution in [2.24, 2.45) is 0 Å². The van der Waals surface area contributed by atoms with Gasteiger partial charge in [-0.2, -0.15) is 0 Å². The Labute approximate surface area is 162 Å². The van der Waals surface area contributed by atoms with Crippen molar-refractivity contribution in [1.29, 1.82) is 0 Å². The lowest BCUT2D eigenvalue weighted by atomic mass is 10.3. The van der Waals surface area contributed by atoms with Crippen molar-refractivity contribution in [3.05, 3.63) is 35.4 Å². The number of carbonyl (C=O) groups excluding carboxylic acids is 1. The molecule has 1 fully saturated rings. The fourth-order valence-electron chi connectivity index (χ4n) is 2.61. The number of nitrogens with zero attached hydrogens (tertiary/aromatic N) is 3. The molecule has 1 N–H and O–H groups in total. The Morgan fingerprint density at radius 3 is 2.93 bits per heavy atom. The zero-order valence-corrected chi connectivity index (χ0v) is 16.4. The van der Waals surface area contributed by atoms with Crippen LogP contribution in [0, 0.1) is 6.92 Å². The average Bonchev–Trinajstić information content (AvgIpc) is 3.16. The van der Waals surface area contributed by atoms with Gasteiger partial charge in [0.2, 0.25) is 0 Å². The number of aryl methyl sites for hydroxylation is 1. The summed E-state index contributed by atoms with van der Waals surface area (Å²) < 4.78 is 15.9. The lowest BCUT2D eigenvalue weighted by Crippen LogP contribution is -2.36. The van der Waals surface area contributed by atoms with Gasteiger partial charge in [-0.15, -0.1) is 0 Å². The van der Waals surface area contributed by atoms with E-state index in [1.165, 1.54) is 11.8 Å². The van der Waals surface area contributed by atoms with Crippen molar-refractivity contribution in [2.45, 2.75) is 17.8 Å². The minimum atomic E-state index is -0.246. The van der Waals surface area contributed by atoms with E-state index in [-0.39, 0.29) is 5.91 Å². The Balaban J connectivity index is 1.58. The quantitative estimate of drug-likeness (QED) is 0.414. The molecule has 3 heterocycles. The molecule has 1 aliphatic heterocycles. The van der Waals surface area contributed by atoms with Gasteiger partial charge in [-0.3, -0.25) is 4.79 Å². The number of hydrogen-bond acceptors (Lipinski definition) is 8. The Kier molecular flexibility index (Phi) is 7.08. The largest absolute Gasteiger partial charge is 0.455 e. The summed E-state index contributed by atoms with van der Waals surface area (Å²) in [5.41, 5.74) is 0.923. The molecule has 146 valence electrons. The fourth-order valence-corrected chi connectivity index (χ4v) is 3.40. The SMILES string of the molecule is COCCNC(=O)c1ccc(CSc2nc(C)cc(N3CCOCC3)n2)o1. The first-order valence-electron chi connectivity index (χ1n) is 8.83. The van der Waals surface area contributed by atoms with Crippen LogP contribution in [0.2, 0.25) is 0 Å². The lowest BCUT2D eigenvalue weighted by molar-refractivity contribution is 0.0908. The van der Waals surface area contributed by atoms with E-state index < -0.39 is 0 Å². The van der Waals surface area contributed by atoms with E-state index in [0.717, 1.165) is 24.6 Å². The predicted octanol–water partition coefficient (Wildman–Crippen LogP) is 1.88. The number of nitrogens with one attached hydrogen (secondary N) is 1. The van der Waals surface area contributed by atoms with Gasteiger partial charge < -0.3 is 24.1 Å². The molecule has 8 nitrogen and oxygen atoms in total. The van der Waals surface area contributed by atoms with Crippen LogP contribution in [0.5, 0.6) is 0 Å². The number of methoxy groups -OCH3 is 1. The number of morpholine rings is 1. The van der Waals surface area contributed by atoms with Gasteiger partial charge in [0.25, 0.3) is 5.91 Å². The average molecular weight is 392 g/mol. The maximum atomic E-state index is 12.0. The monoisotopic (exact) mass is 392 g/mol. The third-order valence-corrected chi connectivity index (χ3v) is 4.85. The van der Waals surface area contributed by atoms with E-state index in [9.17, 15) is 4.79 Å². The standard InChI is InChI=1S/C18H24N4O4S/c1-13-11-16(22-6-9-25-10-7-22)21-18(20-13)27-12-14-3-4-15(26-14)17(23)19-5-8-24-2/h3-4,11H,5-10,12H2,1-2H3,(H,19,23). The topological polar surface area (TPSA) is 89.7 Å². The minimum Gasteiger partial charge on any atom is -0.455 e. The zero-order valence-electron chi connectivity index (χ0n) is 15.6. The third-order valence-electron chi connectivity index (χ3n) is 3.98. The normalized spacial score (nSPS) is 14.4. The highest BCUT2D eigenvalue weighted by atomic mass is 32.2. The number of furan rings is 1. The predicted molar refractivity (Wildman–Crippen MR) is 102 cm³/mol. The van der Waals surface area contributed by atoms with Gasteiger partial charge in [0.15, 0.2) is 10.9 Å². The van der Waals surface area contributed by atoms with Crippen LogP contribution in [0.3, 0.4) is 0 Å². The number of aromatic nitrogens is 2. The molecule has 1 amide bonds. The van der Waals surface area contributed by atoms with Crippen LogP contribution < -0.4 is 10.2 Å². The zero-order chi connectivity index (χ0) is 19.1. The van der Waals surface area contributed by atoms with E-state index in [2.05, 4.69) is 20.2 Å². The molecule has 0 radical (unpaired) electrons. The van der Waals surface area contributed by atoms with Crippen LogP contribution in [0.1, 0.15) is 22.0 Å². The van der Waals surface area contributed by atoms with Crippen LogP contribution in [0.4, 0.5) is 5.82 Å². The van der Waals surface area contributed by atoms with E-state index in [1.807, 2.05) is 13.0 Å². The van der Waals surface area contributed by atoms with Crippen LogP contribution in [-0.4, -0.2) is 62.4 Å². The van der Waals surface area contributed by atoms with Crippen molar-refractivity contribution in [1.82, 2.24) is 15.3 Å². The van der Waals surface area contributed by atoms with Crippen LogP contribution >= 0.6 is 11.8 Å². The first-order valence-corrected chi connectivity index (χ1v) is 9.81. The van der Waals surface area contributed by atoms with Crippen molar-refractivity contribution < 1.29 is 18.7 Å². The summed E-state index contributed by atoms with van der Waals surface area (Å²) in [5.74, 6) is 2.23. The third kappa shape index (κ3) is 5.69. The summed E-state index contributed by atoms with van der Waals surface area (Å²) in [5, 5.41) is 3.43. The van der Waals surface area contributed by atoms with Crippen molar-refractivity contribution in [2.75, 3.05) is 51.5 Å². The maximum Gasteiger partial charge on any atom is 0.287 e. The second kappa shape index (κ2) is 9.72. The van der Waals surface area contributed by atoms with Gasteiger partial charge in [0, 0.05) is 38.5 Å². The Morgan fingerprint density at radius 1 is 1.33 bits per heavy atom. The Bertz CT molecular complexity index is 762. The van der Waals surface area contributed by atoms with Gasteiger partial charge in [0.1, 0.15) is 11.6 Å². The molecule has 0 saturated carbocycles. The highest BCUT2D eigenvalue weighted by Gasteiger charge is 2.15. The van der Waals surface area contributed by atoms with Crippen LogP contribution in [0.25, 0.3) is 0 Å². The number of amides is 1. The number of ether oxygens (including phenoxy) is 2. The second-order valence-electron chi connectivity index (χ2n) is 6.05. The number of carbonyl (C=O) groups is 1.